The number of Topliss-reactive ketones (excluding diaryl/α,β-unsaturated/α-hetero) is 1. The Bertz CT molecular complexity index is 569. The lowest BCUT2D eigenvalue weighted by Gasteiger charge is -1.98. The van der Waals surface area contributed by atoms with Gasteiger partial charge in [0.05, 0.1) is 18.4 Å². The fraction of sp³-hybridized carbons (Fsp3) is 0.167. The number of ketones is 1. The van der Waals surface area contributed by atoms with E-state index in [0.29, 0.717) is 11.3 Å². The first kappa shape index (κ1) is 10.4. The second-order valence-corrected chi connectivity index (χ2v) is 3.53. The van der Waals surface area contributed by atoms with Gasteiger partial charge in [-0.15, -0.1) is 0 Å². The zero-order valence-electron chi connectivity index (χ0n) is 9.03. The molecule has 2 rings (SSSR count). The van der Waals surface area contributed by atoms with E-state index in [1.165, 1.54) is 14.0 Å². The Morgan fingerprint density at radius 3 is 2.62 bits per heavy atom. The molecule has 0 fully saturated rings. The summed E-state index contributed by atoms with van der Waals surface area (Å²) in [5.74, 6) is -0.420. The second kappa shape index (κ2) is 3.81. The minimum atomic E-state index is -0.388. The summed E-state index contributed by atoms with van der Waals surface area (Å²) >= 11 is 0. The third-order valence-corrected chi connectivity index (χ3v) is 2.42. The van der Waals surface area contributed by atoms with Gasteiger partial charge in [-0.1, -0.05) is 6.07 Å². The molecule has 1 heterocycles. The summed E-state index contributed by atoms with van der Waals surface area (Å²) in [6, 6.07) is 6.89. The molecule has 82 valence electrons. The number of esters is 1. The van der Waals surface area contributed by atoms with Crippen LogP contribution in [-0.2, 0) is 4.74 Å². The van der Waals surface area contributed by atoms with Crippen LogP contribution >= 0.6 is 0 Å². The number of hydrogen-bond acceptors (Lipinski definition) is 3. The molecule has 4 nitrogen and oxygen atoms in total. The molecule has 1 aromatic carbocycles. The fourth-order valence-corrected chi connectivity index (χ4v) is 1.56. The van der Waals surface area contributed by atoms with Gasteiger partial charge in [-0.2, -0.15) is 0 Å². The average molecular weight is 217 g/mol. The molecule has 16 heavy (non-hydrogen) atoms. The number of benzene rings is 1. The quantitative estimate of drug-likeness (QED) is 0.619. The highest BCUT2D eigenvalue weighted by Gasteiger charge is 2.09. The van der Waals surface area contributed by atoms with Gasteiger partial charge in [0.1, 0.15) is 0 Å². The third-order valence-electron chi connectivity index (χ3n) is 2.42. The van der Waals surface area contributed by atoms with Crippen LogP contribution in [-0.4, -0.2) is 23.8 Å². The van der Waals surface area contributed by atoms with Crippen molar-refractivity contribution in [2.75, 3.05) is 7.11 Å². The van der Waals surface area contributed by atoms with Gasteiger partial charge in [0, 0.05) is 17.8 Å². The minimum Gasteiger partial charge on any atom is -0.465 e. The number of carbonyl (C=O) groups excluding carboxylic acids is 2. The van der Waals surface area contributed by atoms with E-state index in [0.717, 1.165) is 10.9 Å². The Hall–Kier alpha value is -2.10. The number of fused-ring (bicyclic) bond motifs is 1. The monoisotopic (exact) mass is 217 g/mol. The summed E-state index contributed by atoms with van der Waals surface area (Å²) in [4.78, 5) is 25.4. The molecular weight excluding hydrogens is 206 g/mol. The molecule has 0 unspecified atom stereocenters. The molecule has 0 atom stereocenters. The van der Waals surface area contributed by atoms with Crippen LogP contribution < -0.4 is 0 Å². The Morgan fingerprint density at radius 1 is 1.25 bits per heavy atom. The Labute approximate surface area is 92.2 Å². The summed E-state index contributed by atoms with van der Waals surface area (Å²) in [7, 11) is 1.34. The van der Waals surface area contributed by atoms with E-state index in [4.69, 9.17) is 0 Å². The number of carbonyl (C=O) groups is 2. The van der Waals surface area contributed by atoms with E-state index in [2.05, 4.69) is 9.72 Å². The lowest BCUT2D eigenvalue weighted by Crippen LogP contribution is -2.00. The highest BCUT2D eigenvalue weighted by molar-refractivity contribution is 6.00. The third kappa shape index (κ3) is 1.69. The van der Waals surface area contributed by atoms with Gasteiger partial charge in [0.2, 0.25) is 0 Å². The summed E-state index contributed by atoms with van der Waals surface area (Å²) in [5.41, 5.74) is 1.76. The predicted molar refractivity (Wildman–Crippen MR) is 59.6 cm³/mol. The van der Waals surface area contributed by atoms with Crippen LogP contribution in [0.3, 0.4) is 0 Å². The Balaban J connectivity index is 2.53. The molecule has 0 bridgehead atoms. The number of aromatic nitrogens is 1. The van der Waals surface area contributed by atoms with Crippen molar-refractivity contribution in [3.05, 3.63) is 35.5 Å². The van der Waals surface area contributed by atoms with Crippen molar-refractivity contribution in [2.24, 2.45) is 0 Å². The lowest BCUT2D eigenvalue weighted by molar-refractivity contribution is 0.0601. The van der Waals surface area contributed by atoms with Gasteiger partial charge in [0.25, 0.3) is 0 Å². The molecule has 0 aliphatic carbocycles. The van der Waals surface area contributed by atoms with Gasteiger partial charge in [-0.3, -0.25) is 4.79 Å². The van der Waals surface area contributed by atoms with E-state index in [1.807, 2.05) is 0 Å². The molecule has 0 saturated carbocycles. The van der Waals surface area contributed by atoms with E-state index in [9.17, 15) is 9.59 Å². The number of methoxy groups -OCH3 is 1. The second-order valence-electron chi connectivity index (χ2n) is 3.53. The largest absolute Gasteiger partial charge is 0.465 e. The van der Waals surface area contributed by atoms with Gasteiger partial charge in [-0.25, -0.2) is 4.79 Å². The standard InChI is InChI=1S/C12H11NO3/c1-7(14)10-5-8-3-4-9(12(15)16-2)6-11(8)13-10/h3-6,13H,1-2H3. The van der Waals surface area contributed by atoms with Crippen LogP contribution in [0.2, 0.25) is 0 Å². The van der Waals surface area contributed by atoms with Crippen LogP contribution in [0.4, 0.5) is 0 Å². The maximum atomic E-state index is 11.3. The zero-order chi connectivity index (χ0) is 11.7. The number of nitrogens with one attached hydrogen (secondary N) is 1. The molecule has 4 heteroatoms. The first-order valence-corrected chi connectivity index (χ1v) is 4.84. The first-order chi connectivity index (χ1) is 7.61. The minimum absolute atomic E-state index is 0.0316. The van der Waals surface area contributed by atoms with Crippen molar-refractivity contribution >= 4 is 22.7 Å². The maximum absolute atomic E-state index is 11.3. The van der Waals surface area contributed by atoms with Crippen LogP contribution in [0.15, 0.2) is 24.3 Å². The highest BCUT2D eigenvalue weighted by atomic mass is 16.5. The summed E-state index contributed by atoms with van der Waals surface area (Å²) in [6.45, 7) is 1.49. The molecule has 0 saturated heterocycles. The predicted octanol–water partition coefficient (Wildman–Crippen LogP) is 2.16. The van der Waals surface area contributed by atoms with Crippen molar-refractivity contribution in [2.45, 2.75) is 6.92 Å². The van der Waals surface area contributed by atoms with Crippen LogP contribution in [0.5, 0.6) is 0 Å². The summed E-state index contributed by atoms with van der Waals surface area (Å²) < 4.78 is 4.62. The van der Waals surface area contributed by atoms with E-state index in [1.54, 1.807) is 24.3 Å². The van der Waals surface area contributed by atoms with Gasteiger partial charge >= 0.3 is 5.97 Å². The Kier molecular flexibility index (Phi) is 2.48. The molecule has 2 aromatic rings. The van der Waals surface area contributed by atoms with Gasteiger partial charge in [-0.05, 0) is 18.2 Å². The Morgan fingerprint density at radius 2 is 2.00 bits per heavy atom. The number of H-pyrrole nitrogens is 1. The van der Waals surface area contributed by atoms with Crippen molar-refractivity contribution < 1.29 is 14.3 Å². The van der Waals surface area contributed by atoms with Crippen LogP contribution in [0, 0.1) is 0 Å². The van der Waals surface area contributed by atoms with E-state index < -0.39 is 0 Å². The summed E-state index contributed by atoms with van der Waals surface area (Å²) in [5, 5.41) is 0.901. The van der Waals surface area contributed by atoms with Gasteiger partial charge < -0.3 is 9.72 Å². The lowest BCUT2D eigenvalue weighted by atomic mass is 10.1. The summed E-state index contributed by atoms with van der Waals surface area (Å²) in [6.07, 6.45) is 0. The highest BCUT2D eigenvalue weighted by Crippen LogP contribution is 2.17. The van der Waals surface area contributed by atoms with Crippen molar-refractivity contribution in [1.29, 1.82) is 0 Å². The first-order valence-electron chi connectivity index (χ1n) is 4.84. The van der Waals surface area contributed by atoms with Gasteiger partial charge in [0.15, 0.2) is 5.78 Å². The molecule has 0 amide bonds. The molecule has 0 aliphatic heterocycles. The van der Waals surface area contributed by atoms with E-state index >= 15 is 0 Å². The number of rotatable bonds is 2. The van der Waals surface area contributed by atoms with Crippen molar-refractivity contribution in [3.63, 3.8) is 0 Å². The zero-order valence-corrected chi connectivity index (χ0v) is 9.03. The van der Waals surface area contributed by atoms with Crippen molar-refractivity contribution in [3.8, 4) is 0 Å². The number of aromatic amines is 1. The normalized spacial score (nSPS) is 10.4. The molecule has 0 aliphatic rings. The molecule has 0 radical (unpaired) electrons. The topological polar surface area (TPSA) is 59.2 Å². The maximum Gasteiger partial charge on any atom is 0.337 e. The van der Waals surface area contributed by atoms with E-state index in [-0.39, 0.29) is 11.8 Å². The number of hydrogen-bond donors (Lipinski definition) is 1. The molecular formula is C12H11NO3. The van der Waals surface area contributed by atoms with Crippen LogP contribution in [0.25, 0.3) is 10.9 Å². The molecule has 1 N–H and O–H groups in total. The van der Waals surface area contributed by atoms with Crippen LogP contribution in [0.1, 0.15) is 27.8 Å². The average Bonchev–Trinajstić information content (AvgIpc) is 2.70. The molecule has 0 spiro atoms. The van der Waals surface area contributed by atoms with Crippen molar-refractivity contribution in [1.82, 2.24) is 4.98 Å². The fourth-order valence-electron chi connectivity index (χ4n) is 1.56. The molecule has 1 aromatic heterocycles. The number of ether oxygens (including phenoxy) is 1. The SMILES string of the molecule is COC(=O)c1ccc2cc(C(C)=O)[nH]c2c1. The smallest absolute Gasteiger partial charge is 0.337 e.